The van der Waals surface area contributed by atoms with Crippen molar-refractivity contribution in [3.63, 3.8) is 0 Å². The van der Waals surface area contributed by atoms with E-state index in [1.165, 1.54) is 29.8 Å². The van der Waals surface area contributed by atoms with Gasteiger partial charge in [0.15, 0.2) is 0 Å². The molecule has 0 bridgehead atoms. The summed E-state index contributed by atoms with van der Waals surface area (Å²) in [4.78, 5) is 7.16. The van der Waals surface area contributed by atoms with Gasteiger partial charge in [0.2, 0.25) is 0 Å². The minimum atomic E-state index is 0.693. The number of hydrogen-bond donors (Lipinski definition) is 1. The normalized spacial score (nSPS) is 16.9. The van der Waals surface area contributed by atoms with Crippen molar-refractivity contribution in [2.24, 2.45) is 11.8 Å². The zero-order chi connectivity index (χ0) is 14.5. The number of nitrogens with one attached hydrogen (secondary N) is 1. The molecule has 0 amide bonds. The molecule has 1 aromatic heterocycles. The van der Waals surface area contributed by atoms with Crippen molar-refractivity contribution in [3.8, 4) is 0 Å². The second-order valence-corrected chi connectivity index (χ2v) is 6.68. The van der Waals surface area contributed by atoms with Gasteiger partial charge in [0, 0.05) is 25.8 Å². The number of piperidine rings is 1. The molecule has 1 aliphatic rings. The van der Waals surface area contributed by atoms with Gasteiger partial charge < -0.3 is 10.2 Å². The molecule has 2 rings (SSSR count). The first-order valence-electron chi connectivity index (χ1n) is 7.97. The summed E-state index contributed by atoms with van der Waals surface area (Å²) in [5.74, 6) is 2.74. The van der Waals surface area contributed by atoms with Crippen molar-refractivity contribution in [3.05, 3.63) is 23.4 Å². The quantitative estimate of drug-likeness (QED) is 0.893. The molecule has 0 unspecified atom stereocenters. The third-order valence-corrected chi connectivity index (χ3v) is 4.07. The lowest BCUT2D eigenvalue weighted by molar-refractivity contribution is 0.436. The standard InChI is InChI=1S/C17H29N3/c1-13(2)10-18-11-16-9-15(4)17(19-12-16)20-7-5-14(3)6-8-20/h9,12-14,18H,5-8,10-11H2,1-4H3. The molecule has 0 saturated carbocycles. The van der Waals surface area contributed by atoms with Gasteiger partial charge in [-0.15, -0.1) is 0 Å². The lowest BCUT2D eigenvalue weighted by Gasteiger charge is -2.32. The Hall–Kier alpha value is -1.09. The molecule has 1 aromatic rings. The molecular weight excluding hydrogens is 246 g/mol. The molecule has 1 aliphatic heterocycles. The highest BCUT2D eigenvalue weighted by atomic mass is 15.2. The molecule has 20 heavy (non-hydrogen) atoms. The number of anilines is 1. The fourth-order valence-corrected chi connectivity index (χ4v) is 2.78. The molecule has 2 heterocycles. The Kier molecular flexibility index (Phi) is 5.41. The molecule has 0 aromatic carbocycles. The van der Waals surface area contributed by atoms with Crippen LogP contribution in [-0.2, 0) is 6.54 Å². The van der Waals surface area contributed by atoms with Crippen LogP contribution in [0.5, 0.6) is 0 Å². The van der Waals surface area contributed by atoms with Crippen LogP contribution in [0.4, 0.5) is 5.82 Å². The highest BCUT2D eigenvalue weighted by Gasteiger charge is 2.18. The summed E-state index contributed by atoms with van der Waals surface area (Å²) < 4.78 is 0. The summed E-state index contributed by atoms with van der Waals surface area (Å²) in [7, 11) is 0. The van der Waals surface area contributed by atoms with E-state index in [0.717, 1.165) is 32.1 Å². The SMILES string of the molecule is Cc1cc(CNCC(C)C)cnc1N1CCC(C)CC1. The van der Waals surface area contributed by atoms with E-state index in [0.29, 0.717) is 5.92 Å². The molecule has 0 aliphatic carbocycles. The third kappa shape index (κ3) is 4.20. The highest BCUT2D eigenvalue weighted by Crippen LogP contribution is 2.24. The molecule has 3 nitrogen and oxygen atoms in total. The Bertz CT molecular complexity index is 420. The van der Waals surface area contributed by atoms with Crippen LogP contribution in [0, 0.1) is 18.8 Å². The zero-order valence-electron chi connectivity index (χ0n) is 13.4. The Morgan fingerprint density at radius 3 is 2.65 bits per heavy atom. The maximum Gasteiger partial charge on any atom is 0.131 e. The van der Waals surface area contributed by atoms with Gasteiger partial charge in [-0.25, -0.2) is 4.98 Å². The molecule has 1 N–H and O–H groups in total. The summed E-state index contributed by atoms with van der Waals surface area (Å²) >= 11 is 0. The average molecular weight is 275 g/mol. The minimum absolute atomic E-state index is 0.693. The summed E-state index contributed by atoms with van der Waals surface area (Å²) in [6.07, 6.45) is 4.62. The van der Waals surface area contributed by atoms with Crippen LogP contribution >= 0.6 is 0 Å². The second kappa shape index (κ2) is 7.07. The van der Waals surface area contributed by atoms with Crippen molar-refractivity contribution in [1.82, 2.24) is 10.3 Å². The van der Waals surface area contributed by atoms with E-state index in [1.807, 2.05) is 6.20 Å². The Morgan fingerprint density at radius 2 is 2.05 bits per heavy atom. The fourth-order valence-electron chi connectivity index (χ4n) is 2.78. The topological polar surface area (TPSA) is 28.2 Å². The number of hydrogen-bond acceptors (Lipinski definition) is 3. The number of aromatic nitrogens is 1. The van der Waals surface area contributed by atoms with E-state index in [2.05, 4.69) is 44.0 Å². The van der Waals surface area contributed by atoms with Gasteiger partial charge >= 0.3 is 0 Å². The molecule has 0 radical (unpaired) electrons. The van der Waals surface area contributed by atoms with Crippen LogP contribution in [0.3, 0.4) is 0 Å². The summed E-state index contributed by atoms with van der Waals surface area (Å²) in [6.45, 7) is 13.3. The highest BCUT2D eigenvalue weighted by molar-refractivity contribution is 5.47. The lowest BCUT2D eigenvalue weighted by Crippen LogP contribution is -2.34. The van der Waals surface area contributed by atoms with Crippen LogP contribution in [0.1, 0.15) is 44.7 Å². The predicted octanol–water partition coefficient (Wildman–Crippen LogP) is 3.37. The van der Waals surface area contributed by atoms with E-state index >= 15 is 0 Å². The van der Waals surface area contributed by atoms with Gasteiger partial charge in [-0.2, -0.15) is 0 Å². The molecule has 0 spiro atoms. The third-order valence-electron chi connectivity index (χ3n) is 4.07. The Balaban J connectivity index is 1.95. The first-order chi connectivity index (χ1) is 9.56. The molecule has 3 heteroatoms. The molecule has 1 saturated heterocycles. The minimum Gasteiger partial charge on any atom is -0.356 e. The van der Waals surface area contributed by atoms with Crippen LogP contribution in [-0.4, -0.2) is 24.6 Å². The van der Waals surface area contributed by atoms with E-state index in [9.17, 15) is 0 Å². The van der Waals surface area contributed by atoms with Crippen molar-refractivity contribution < 1.29 is 0 Å². The molecule has 112 valence electrons. The van der Waals surface area contributed by atoms with Gasteiger partial charge in [-0.05, 0) is 55.3 Å². The van der Waals surface area contributed by atoms with Gasteiger partial charge in [0.1, 0.15) is 5.82 Å². The van der Waals surface area contributed by atoms with E-state index in [1.54, 1.807) is 0 Å². The van der Waals surface area contributed by atoms with E-state index in [4.69, 9.17) is 4.98 Å². The van der Waals surface area contributed by atoms with Crippen LogP contribution in [0.25, 0.3) is 0 Å². The van der Waals surface area contributed by atoms with Crippen LogP contribution in [0.2, 0.25) is 0 Å². The summed E-state index contributed by atoms with van der Waals surface area (Å²) in [5, 5.41) is 3.48. The van der Waals surface area contributed by atoms with Gasteiger partial charge in [0.25, 0.3) is 0 Å². The second-order valence-electron chi connectivity index (χ2n) is 6.68. The predicted molar refractivity (Wildman–Crippen MR) is 86.1 cm³/mol. The van der Waals surface area contributed by atoms with Gasteiger partial charge in [0.05, 0.1) is 0 Å². The van der Waals surface area contributed by atoms with Gasteiger partial charge in [-0.1, -0.05) is 20.8 Å². The van der Waals surface area contributed by atoms with Crippen molar-refractivity contribution in [2.45, 2.75) is 47.1 Å². The largest absolute Gasteiger partial charge is 0.356 e. The first kappa shape index (κ1) is 15.3. The fraction of sp³-hybridized carbons (Fsp3) is 0.706. The summed E-state index contributed by atoms with van der Waals surface area (Å²) in [5.41, 5.74) is 2.60. The number of rotatable bonds is 5. The molecular formula is C17H29N3. The van der Waals surface area contributed by atoms with Gasteiger partial charge in [-0.3, -0.25) is 0 Å². The maximum atomic E-state index is 4.71. The van der Waals surface area contributed by atoms with Crippen molar-refractivity contribution >= 4 is 5.82 Å². The van der Waals surface area contributed by atoms with Crippen molar-refractivity contribution in [1.29, 1.82) is 0 Å². The van der Waals surface area contributed by atoms with Crippen LogP contribution in [0.15, 0.2) is 12.3 Å². The van der Waals surface area contributed by atoms with Crippen molar-refractivity contribution in [2.75, 3.05) is 24.5 Å². The van der Waals surface area contributed by atoms with E-state index in [-0.39, 0.29) is 0 Å². The zero-order valence-corrected chi connectivity index (χ0v) is 13.4. The smallest absolute Gasteiger partial charge is 0.131 e. The first-order valence-corrected chi connectivity index (χ1v) is 7.97. The number of pyridine rings is 1. The number of nitrogens with zero attached hydrogens (tertiary/aromatic N) is 2. The number of aryl methyl sites for hydroxylation is 1. The van der Waals surface area contributed by atoms with Crippen LogP contribution < -0.4 is 10.2 Å². The Morgan fingerprint density at radius 1 is 1.35 bits per heavy atom. The maximum absolute atomic E-state index is 4.71. The lowest BCUT2D eigenvalue weighted by atomic mass is 9.99. The summed E-state index contributed by atoms with van der Waals surface area (Å²) in [6, 6.07) is 2.29. The molecule has 0 atom stereocenters. The average Bonchev–Trinajstić information content (AvgIpc) is 2.40. The Labute approximate surface area is 123 Å². The monoisotopic (exact) mass is 275 g/mol. The molecule has 1 fully saturated rings. The van der Waals surface area contributed by atoms with E-state index < -0.39 is 0 Å².